The van der Waals surface area contributed by atoms with Gasteiger partial charge in [-0.05, 0) is 12.1 Å². The lowest BCUT2D eigenvalue weighted by Crippen LogP contribution is -2.42. The van der Waals surface area contributed by atoms with Crippen molar-refractivity contribution in [2.24, 2.45) is 5.14 Å². The fourth-order valence-electron chi connectivity index (χ4n) is 1.42. The molecular formula is C9H11ClN2O4S. The number of hydrogen-bond acceptors (Lipinski definition) is 4. The Morgan fingerprint density at radius 2 is 2.29 bits per heavy atom. The molecule has 6 nitrogen and oxygen atoms in total. The van der Waals surface area contributed by atoms with Crippen molar-refractivity contribution < 1.29 is 17.9 Å². The average Bonchev–Trinajstić information content (AvgIpc) is 2.26. The summed E-state index contributed by atoms with van der Waals surface area (Å²) in [6.07, 6.45) is -0.431. The Hall–Kier alpha value is -1.02. The lowest BCUT2D eigenvalue weighted by Gasteiger charge is -2.26. The van der Waals surface area contributed by atoms with Gasteiger partial charge in [0, 0.05) is 0 Å². The van der Waals surface area contributed by atoms with Crippen molar-refractivity contribution in [3.63, 3.8) is 0 Å². The SMILES string of the molecule is NS(=O)(=O)NC[C@H]1COc2c(Cl)cccc2O1. The van der Waals surface area contributed by atoms with Crippen molar-refractivity contribution in [1.82, 2.24) is 4.72 Å². The van der Waals surface area contributed by atoms with Crippen LogP contribution in [0, 0.1) is 0 Å². The van der Waals surface area contributed by atoms with Gasteiger partial charge in [0.2, 0.25) is 0 Å². The predicted octanol–water partition coefficient (Wildman–Crippen LogP) is 0.273. The van der Waals surface area contributed by atoms with Crippen molar-refractivity contribution in [1.29, 1.82) is 0 Å². The van der Waals surface area contributed by atoms with Gasteiger partial charge in [-0.3, -0.25) is 0 Å². The molecule has 0 unspecified atom stereocenters. The van der Waals surface area contributed by atoms with Crippen LogP contribution in [0.25, 0.3) is 0 Å². The highest BCUT2D eigenvalue weighted by Crippen LogP contribution is 2.37. The first-order valence-electron chi connectivity index (χ1n) is 4.81. The van der Waals surface area contributed by atoms with E-state index in [1.54, 1.807) is 18.2 Å². The van der Waals surface area contributed by atoms with Crippen LogP contribution < -0.4 is 19.3 Å². The van der Waals surface area contributed by atoms with E-state index in [-0.39, 0.29) is 13.2 Å². The van der Waals surface area contributed by atoms with Crippen LogP contribution in [0.1, 0.15) is 0 Å². The summed E-state index contributed by atoms with van der Waals surface area (Å²) in [6, 6.07) is 5.11. The Balaban J connectivity index is 2.04. The normalized spacial score (nSPS) is 19.1. The molecule has 0 radical (unpaired) electrons. The van der Waals surface area contributed by atoms with Gasteiger partial charge in [0.1, 0.15) is 12.7 Å². The second-order valence-electron chi connectivity index (χ2n) is 3.51. The molecule has 1 aromatic rings. The summed E-state index contributed by atoms with van der Waals surface area (Å²) in [5, 5.41) is 5.27. The summed E-state index contributed by atoms with van der Waals surface area (Å²) in [5.74, 6) is 0.964. The van der Waals surface area contributed by atoms with Crippen LogP contribution in [0.5, 0.6) is 11.5 Å². The summed E-state index contributed by atoms with van der Waals surface area (Å²) < 4.78 is 34.5. The fourth-order valence-corrected chi connectivity index (χ4v) is 2.06. The second-order valence-corrected chi connectivity index (χ2v) is 5.30. The number of hydrogen-bond donors (Lipinski definition) is 2. The number of para-hydroxylation sites is 1. The van der Waals surface area contributed by atoms with E-state index in [9.17, 15) is 8.42 Å². The van der Waals surface area contributed by atoms with Crippen LogP contribution in [0.3, 0.4) is 0 Å². The average molecular weight is 279 g/mol. The topological polar surface area (TPSA) is 90.7 Å². The summed E-state index contributed by atoms with van der Waals surface area (Å²) >= 11 is 5.90. The molecule has 1 atom stereocenters. The molecule has 1 aliphatic rings. The van der Waals surface area contributed by atoms with Crippen molar-refractivity contribution >= 4 is 21.8 Å². The molecule has 2 rings (SSSR count). The summed E-state index contributed by atoms with van der Waals surface area (Å²) in [7, 11) is -3.72. The first kappa shape index (κ1) is 12.4. The molecule has 0 aliphatic carbocycles. The van der Waals surface area contributed by atoms with E-state index < -0.39 is 16.3 Å². The third kappa shape index (κ3) is 3.22. The van der Waals surface area contributed by atoms with E-state index >= 15 is 0 Å². The molecule has 0 bridgehead atoms. The highest BCUT2D eigenvalue weighted by atomic mass is 35.5. The van der Waals surface area contributed by atoms with Crippen molar-refractivity contribution in [3.05, 3.63) is 23.2 Å². The van der Waals surface area contributed by atoms with E-state index in [0.717, 1.165) is 0 Å². The fraction of sp³-hybridized carbons (Fsp3) is 0.333. The maximum Gasteiger partial charge on any atom is 0.274 e. The van der Waals surface area contributed by atoms with Gasteiger partial charge >= 0.3 is 0 Å². The van der Waals surface area contributed by atoms with Gasteiger partial charge in [-0.15, -0.1) is 0 Å². The molecule has 0 fully saturated rings. The van der Waals surface area contributed by atoms with E-state index in [2.05, 4.69) is 4.72 Å². The second kappa shape index (κ2) is 4.69. The van der Waals surface area contributed by atoms with Gasteiger partial charge in [-0.1, -0.05) is 17.7 Å². The predicted molar refractivity (Wildman–Crippen MR) is 62.5 cm³/mol. The van der Waals surface area contributed by atoms with Crippen molar-refractivity contribution in [2.45, 2.75) is 6.10 Å². The summed E-state index contributed by atoms with van der Waals surface area (Å²) in [6.45, 7) is 0.254. The first-order valence-corrected chi connectivity index (χ1v) is 6.73. The highest BCUT2D eigenvalue weighted by Gasteiger charge is 2.23. The van der Waals surface area contributed by atoms with E-state index in [0.29, 0.717) is 16.5 Å². The van der Waals surface area contributed by atoms with Crippen LogP contribution in [0.15, 0.2) is 18.2 Å². The maximum atomic E-state index is 10.7. The Labute approximate surface area is 104 Å². The van der Waals surface area contributed by atoms with Crippen LogP contribution >= 0.6 is 11.6 Å². The Bertz CT molecular complexity index is 520. The van der Waals surface area contributed by atoms with Gasteiger partial charge in [0.05, 0.1) is 11.6 Å². The molecular weight excluding hydrogens is 268 g/mol. The zero-order chi connectivity index (χ0) is 12.5. The number of benzene rings is 1. The number of nitrogens with one attached hydrogen (secondary N) is 1. The molecule has 0 saturated carbocycles. The van der Waals surface area contributed by atoms with Crippen LogP contribution in [-0.4, -0.2) is 27.7 Å². The quantitative estimate of drug-likeness (QED) is 0.830. The van der Waals surface area contributed by atoms with Crippen LogP contribution in [0.2, 0.25) is 5.02 Å². The third-order valence-corrected chi connectivity index (χ3v) is 3.02. The number of fused-ring (bicyclic) bond motifs is 1. The van der Waals surface area contributed by atoms with Crippen LogP contribution in [-0.2, 0) is 10.2 Å². The smallest absolute Gasteiger partial charge is 0.274 e. The zero-order valence-electron chi connectivity index (χ0n) is 8.72. The molecule has 1 aliphatic heterocycles. The minimum Gasteiger partial charge on any atom is -0.484 e. The minimum absolute atomic E-state index is 0.0464. The van der Waals surface area contributed by atoms with Gasteiger partial charge in [-0.2, -0.15) is 13.1 Å². The minimum atomic E-state index is -3.72. The van der Waals surface area contributed by atoms with Gasteiger partial charge in [0.15, 0.2) is 11.5 Å². The third-order valence-electron chi connectivity index (χ3n) is 2.15. The number of nitrogens with two attached hydrogens (primary N) is 1. The summed E-state index contributed by atoms with van der Waals surface area (Å²) in [4.78, 5) is 0. The molecule has 94 valence electrons. The monoisotopic (exact) mass is 278 g/mol. The lowest BCUT2D eigenvalue weighted by molar-refractivity contribution is 0.0944. The molecule has 0 saturated heterocycles. The molecule has 3 N–H and O–H groups in total. The maximum absolute atomic E-state index is 10.7. The van der Waals surface area contributed by atoms with Gasteiger partial charge in [-0.25, -0.2) is 5.14 Å². The Morgan fingerprint density at radius 1 is 1.53 bits per heavy atom. The molecule has 0 aromatic heterocycles. The number of halogens is 1. The molecule has 8 heteroatoms. The molecule has 0 spiro atoms. The molecule has 17 heavy (non-hydrogen) atoms. The van der Waals surface area contributed by atoms with Crippen molar-refractivity contribution in [2.75, 3.05) is 13.2 Å². The first-order chi connectivity index (χ1) is 7.96. The van der Waals surface area contributed by atoms with Gasteiger partial charge in [0.25, 0.3) is 10.2 Å². The van der Waals surface area contributed by atoms with E-state index in [1.165, 1.54) is 0 Å². The number of rotatable bonds is 3. The van der Waals surface area contributed by atoms with Gasteiger partial charge < -0.3 is 9.47 Å². The Morgan fingerprint density at radius 3 is 3.00 bits per heavy atom. The Kier molecular flexibility index (Phi) is 3.43. The highest BCUT2D eigenvalue weighted by molar-refractivity contribution is 7.87. The molecule has 1 aromatic carbocycles. The molecule has 1 heterocycles. The van der Waals surface area contributed by atoms with E-state index in [4.69, 9.17) is 26.2 Å². The van der Waals surface area contributed by atoms with Crippen LogP contribution in [0.4, 0.5) is 0 Å². The van der Waals surface area contributed by atoms with Crippen molar-refractivity contribution in [3.8, 4) is 11.5 Å². The molecule has 0 amide bonds. The zero-order valence-corrected chi connectivity index (χ0v) is 10.3. The van der Waals surface area contributed by atoms with E-state index in [1.807, 2.05) is 0 Å². The standard InChI is InChI=1S/C9H11ClN2O4S/c10-7-2-1-3-8-9(7)15-5-6(16-8)4-12-17(11,13)14/h1-3,6,12H,4-5H2,(H2,11,13,14)/t6-/m0/s1. The largest absolute Gasteiger partial charge is 0.484 e. The lowest BCUT2D eigenvalue weighted by atomic mass is 10.2. The number of ether oxygens (including phenoxy) is 2. The summed E-state index contributed by atoms with van der Waals surface area (Å²) in [5.41, 5.74) is 0.